The number of aromatic nitrogens is 2. The van der Waals surface area contributed by atoms with Crippen molar-refractivity contribution in [3.63, 3.8) is 0 Å². The Bertz CT molecular complexity index is 1110. The quantitative estimate of drug-likeness (QED) is 0.551. The summed E-state index contributed by atoms with van der Waals surface area (Å²) in [5.41, 5.74) is 2.73. The summed E-state index contributed by atoms with van der Waals surface area (Å²) in [6.07, 6.45) is 2.16. The van der Waals surface area contributed by atoms with Crippen LogP contribution >= 0.6 is 0 Å². The zero-order valence-corrected chi connectivity index (χ0v) is 20.2. The van der Waals surface area contributed by atoms with Crippen LogP contribution in [0.15, 0.2) is 54.7 Å². The zero-order chi connectivity index (χ0) is 24.1. The predicted molar refractivity (Wildman–Crippen MR) is 131 cm³/mol. The molecule has 0 radical (unpaired) electrons. The average Bonchev–Trinajstić information content (AvgIpc) is 3.29. The molecule has 8 heteroatoms. The van der Waals surface area contributed by atoms with E-state index in [2.05, 4.69) is 24.1 Å². The Morgan fingerprint density at radius 1 is 1.06 bits per heavy atom. The molecule has 1 amide bonds. The highest BCUT2D eigenvalue weighted by atomic mass is 16.5. The van der Waals surface area contributed by atoms with E-state index < -0.39 is 0 Å². The standard InChI is InChI=1S/C26H32N4O4/c1-18-15-29(16-19(2)34-18)13-12-27-26(31)22-17-30(21-8-6-5-7-9-21)28-25(22)20-10-11-23(32-3)24(14-20)33-4/h5-11,14,17-19H,12-13,15-16H2,1-4H3,(H,27,31). The molecule has 0 bridgehead atoms. The van der Waals surface area contributed by atoms with Crippen LogP contribution in [0.5, 0.6) is 11.5 Å². The van der Waals surface area contributed by atoms with Crippen LogP contribution in [0.3, 0.4) is 0 Å². The maximum absolute atomic E-state index is 13.3. The number of hydrogen-bond acceptors (Lipinski definition) is 6. The molecule has 1 aliphatic heterocycles. The summed E-state index contributed by atoms with van der Waals surface area (Å²) >= 11 is 0. The Morgan fingerprint density at radius 3 is 2.44 bits per heavy atom. The Morgan fingerprint density at radius 2 is 1.76 bits per heavy atom. The minimum Gasteiger partial charge on any atom is -0.493 e. The van der Waals surface area contributed by atoms with E-state index in [9.17, 15) is 4.79 Å². The number of ether oxygens (including phenoxy) is 3. The van der Waals surface area contributed by atoms with Crippen LogP contribution in [0.4, 0.5) is 0 Å². The SMILES string of the molecule is COc1ccc(-c2nn(-c3ccccc3)cc2C(=O)NCCN2CC(C)OC(C)C2)cc1OC. The molecule has 2 heterocycles. The van der Waals surface area contributed by atoms with Crippen LogP contribution < -0.4 is 14.8 Å². The summed E-state index contributed by atoms with van der Waals surface area (Å²) in [6, 6.07) is 15.3. The highest BCUT2D eigenvalue weighted by molar-refractivity contribution is 6.00. The molecule has 4 rings (SSSR count). The van der Waals surface area contributed by atoms with Crippen LogP contribution in [0.2, 0.25) is 0 Å². The first-order chi connectivity index (χ1) is 16.5. The van der Waals surface area contributed by atoms with Crippen molar-refractivity contribution in [1.29, 1.82) is 0 Å². The van der Waals surface area contributed by atoms with Gasteiger partial charge in [-0.15, -0.1) is 0 Å². The molecule has 1 N–H and O–H groups in total. The number of carbonyl (C=O) groups is 1. The van der Waals surface area contributed by atoms with Crippen molar-refractivity contribution in [2.75, 3.05) is 40.4 Å². The normalized spacial score (nSPS) is 18.5. The van der Waals surface area contributed by atoms with Crippen molar-refractivity contribution in [2.24, 2.45) is 0 Å². The van der Waals surface area contributed by atoms with E-state index in [1.807, 2.05) is 48.5 Å². The topological polar surface area (TPSA) is 77.9 Å². The third kappa shape index (κ3) is 5.40. The summed E-state index contributed by atoms with van der Waals surface area (Å²) in [5.74, 6) is 1.03. The van der Waals surface area contributed by atoms with Crippen molar-refractivity contribution in [1.82, 2.24) is 20.0 Å². The average molecular weight is 465 g/mol. The number of rotatable bonds is 8. The van der Waals surface area contributed by atoms with E-state index >= 15 is 0 Å². The van der Waals surface area contributed by atoms with Crippen molar-refractivity contribution < 1.29 is 19.0 Å². The van der Waals surface area contributed by atoms with Gasteiger partial charge in [0.2, 0.25) is 0 Å². The Kier molecular flexibility index (Phi) is 7.49. The van der Waals surface area contributed by atoms with Crippen LogP contribution in [-0.4, -0.2) is 73.2 Å². The van der Waals surface area contributed by atoms with Crippen LogP contribution in [0.25, 0.3) is 16.9 Å². The Balaban J connectivity index is 1.58. The van der Waals surface area contributed by atoms with Crippen molar-refractivity contribution in [3.05, 3.63) is 60.3 Å². The Hall–Kier alpha value is -3.36. The van der Waals surface area contributed by atoms with E-state index in [1.165, 1.54) is 0 Å². The van der Waals surface area contributed by atoms with Gasteiger partial charge in [-0.25, -0.2) is 4.68 Å². The molecule has 2 aromatic carbocycles. The molecule has 0 aliphatic carbocycles. The maximum Gasteiger partial charge on any atom is 0.255 e. The summed E-state index contributed by atoms with van der Waals surface area (Å²) in [5, 5.41) is 7.82. The number of para-hydroxylation sites is 1. The number of hydrogen-bond donors (Lipinski definition) is 1. The number of carbonyl (C=O) groups excluding carboxylic acids is 1. The first-order valence-electron chi connectivity index (χ1n) is 11.5. The molecular formula is C26H32N4O4. The molecule has 1 fully saturated rings. The molecule has 2 atom stereocenters. The van der Waals surface area contributed by atoms with E-state index in [0.29, 0.717) is 29.3 Å². The minimum absolute atomic E-state index is 0.165. The van der Waals surface area contributed by atoms with E-state index in [4.69, 9.17) is 19.3 Å². The second-order valence-corrected chi connectivity index (χ2v) is 8.51. The molecule has 0 spiro atoms. The van der Waals surface area contributed by atoms with Gasteiger partial charge in [0.25, 0.3) is 5.91 Å². The molecule has 1 aliphatic rings. The second kappa shape index (κ2) is 10.7. The molecule has 1 saturated heterocycles. The highest BCUT2D eigenvalue weighted by Gasteiger charge is 2.23. The summed E-state index contributed by atoms with van der Waals surface area (Å²) in [4.78, 5) is 15.6. The fourth-order valence-corrected chi connectivity index (χ4v) is 4.34. The molecule has 34 heavy (non-hydrogen) atoms. The van der Waals surface area contributed by atoms with Crippen LogP contribution in [0.1, 0.15) is 24.2 Å². The van der Waals surface area contributed by atoms with Gasteiger partial charge < -0.3 is 19.5 Å². The molecule has 2 unspecified atom stereocenters. The van der Waals surface area contributed by atoms with Crippen LogP contribution in [0, 0.1) is 0 Å². The van der Waals surface area contributed by atoms with Gasteiger partial charge in [-0.05, 0) is 44.2 Å². The lowest BCUT2D eigenvalue weighted by Gasteiger charge is -2.35. The summed E-state index contributed by atoms with van der Waals surface area (Å²) in [7, 11) is 3.18. The fraction of sp³-hybridized carbons (Fsp3) is 0.385. The number of methoxy groups -OCH3 is 2. The highest BCUT2D eigenvalue weighted by Crippen LogP contribution is 2.33. The first kappa shape index (κ1) is 23.8. The maximum atomic E-state index is 13.3. The molecule has 1 aromatic heterocycles. The molecular weight excluding hydrogens is 432 g/mol. The first-order valence-corrected chi connectivity index (χ1v) is 11.5. The second-order valence-electron chi connectivity index (χ2n) is 8.51. The van der Waals surface area contributed by atoms with E-state index in [1.54, 1.807) is 25.1 Å². The lowest BCUT2D eigenvalue weighted by atomic mass is 10.1. The zero-order valence-electron chi connectivity index (χ0n) is 20.2. The smallest absolute Gasteiger partial charge is 0.255 e. The van der Waals surface area contributed by atoms with E-state index in [-0.39, 0.29) is 18.1 Å². The molecule has 8 nitrogen and oxygen atoms in total. The van der Waals surface area contributed by atoms with Gasteiger partial charge in [-0.2, -0.15) is 5.10 Å². The summed E-state index contributed by atoms with van der Waals surface area (Å²) in [6.45, 7) is 7.19. The fourth-order valence-electron chi connectivity index (χ4n) is 4.34. The van der Waals surface area contributed by atoms with Gasteiger partial charge in [0.15, 0.2) is 11.5 Å². The van der Waals surface area contributed by atoms with Crippen molar-refractivity contribution >= 4 is 5.91 Å². The van der Waals surface area contributed by atoms with Gasteiger partial charge in [0.05, 0.1) is 37.7 Å². The minimum atomic E-state index is -0.165. The third-order valence-electron chi connectivity index (χ3n) is 5.85. The molecule has 180 valence electrons. The number of amides is 1. The van der Waals surface area contributed by atoms with Gasteiger partial charge in [0, 0.05) is 37.9 Å². The predicted octanol–water partition coefficient (Wildman–Crippen LogP) is 3.40. The number of nitrogens with one attached hydrogen (secondary N) is 1. The number of benzene rings is 2. The Labute approximate surface area is 200 Å². The number of nitrogens with zero attached hydrogens (tertiary/aromatic N) is 3. The molecule has 3 aromatic rings. The lowest BCUT2D eigenvalue weighted by Crippen LogP contribution is -2.47. The van der Waals surface area contributed by atoms with Gasteiger partial charge in [0.1, 0.15) is 5.69 Å². The largest absolute Gasteiger partial charge is 0.493 e. The number of morpholine rings is 1. The van der Waals surface area contributed by atoms with Gasteiger partial charge in [-0.1, -0.05) is 18.2 Å². The van der Waals surface area contributed by atoms with Crippen molar-refractivity contribution in [2.45, 2.75) is 26.1 Å². The molecule has 0 saturated carbocycles. The monoisotopic (exact) mass is 464 g/mol. The van der Waals surface area contributed by atoms with Gasteiger partial charge >= 0.3 is 0 Å². The third-order valence-corrected chi connectivity index (χ3v) is 5.85. The van der Waals surface area contributed by atoms with Gasteiger partial charge in [-0.3, -0.25) is 9.69 Å². The van der Waals surface area contributed by atoms with E-state index in [0.717, 1.165) is 30.9 Å². The summed E-state index contributed by atoms with van der Waals surface area (Å²) < 4.78 is 18.4. The lowest BCUT2D eigenvalue weighted by molar-refractivity contribution is -0.0672. The van der Waals surface area contributed by atoms with Crippen LogP contribution in [-0.2, 0) is 4.74 Å². The van der Waals surface area contributed by atoms with Crippen molar-refractivity contribution in [3.8, 4) is 28.4 Å².